The molecule has 0 unspecified atom stereocenters. The highest BCUT2D eigenvalue weighted by molar-refractivity contribution is 5.87. The van der Waals surface area contributed by atoms with E-state index in [0.717, 1.165) is 25.1 Å². The molecular weight excluding hydrogens is 323 g/mol. The number of morpholine rings is 1. The predicted molar refractivity (Wildman–Crippen MR) is 92.3 cm³/mol. The lowest BCUT2D eigenvalue weighted by atomic mass is 10.2. The normalized spacial score (nSPS) is 18.6. The van der Waals surface area contributed by atoms with Crippen LogP contribution in [0.1, 0.15) is 0 Å². The fraction of sp³-hybridized carbons (Fsp3) is 0.353. The number of likely N-dealkylation sites (N-methyl/N-ethyl adjacent to an activating group) is 1. The lowest BCUT2D eigenvalue weighted by Gasteiger charge is -2.30. The zero-order chi connectivity index (χ0) is 17.2. The SMILES string of the molecule is CN1CCO[C@@H](CNc2ncnc3c2cnn3-c2ccccc2F)C1. The maximum Gasteiger partial charge on any atom is 0.168 e. The molecule has 1 aliphatic heterocycles. The number of halogens is 1. The van der Waals surface area contributed by atoms with E-state index in [4.69, 9.17) is 4.74 Å². The van der Waals surface area contributed by atoms with Crippen molar-refractivity contribution in [1.82, 2.24) is 24.6 Å². The van der Waals surface area contributed by atoms with E-state index in [2.05, 4.69) is 32.3 Å². The Hall–Kier alpha value is -2.58. The third-order valence-electron chi connectivity index (χ3n) is 4.29. The third-order valence-corrected chi connectivity index (χ3v) is 4.29. The monoisotopic (exact) mass is 342 g/mol. The van der Waals surface area contributed by atoms with Crippen molar-refractivity contribution in [3.05, 3.63) is 42.6 Å². The molecule has 0 bridgehead atoms. The minimum Gasteiger partial charge on any atom is -0.374 e. The van der Waals surface area contributed by atoms with E-state index < -0.39 is 0 Å². The topological polar surface area (TPSA) is 68.1 Å². The van der Waals surface area contributed by atoms with Crippen LogP contribution in [-0.2, 0) is 4.74 Å². The summed E-state index contributed by atoms with van der Waals surface area (Å²) < 4.78 is 21.3. The first-order chi connectivity index (χ1) is 12.2. The number of anilines is 1. The fourth-order valence-electron chi connectivity index (χ4n) is 2.99. The second-order valence-corrected chi connectivity index (χ2v) is 6.10. The van der Waals surface area contributed by atoms with Crippen LogP contribution in [0.5, 0.6) is 0 Å². The van der Waals surface area contributed by atoms with Gasteiger partial charge in [0.2, 0.25) is 0 Å². The van der Waals surface area contributed by atoms with Crippen molar-refractivity contribution in [3.8, 4) is 5.69 Å². The fourth-order valence-corrected chi connectivity index (χ4v) is 2.99. The summed E-state index contributed by atoms with van der Waals surface area (Å²) in [7, 11) is 2.08. The Bertz CT molecular complexity index is 882. The van der Waals surface area contributed by atoms with Crippen molar-refractivity contribution in [3.63, 3.8) is 0 Å². The van der Waals surface area contributed by atoms with E-state index in [1.54, 1.807) is 24.4 Å². The van der Waals surface area contributed by atoms with Crippen LogP contribution in [0.25, 0.3) is 16.7 Å². The summed E-state index contributed by atoms with van der Waals surface area (Å²) in [6.45, 7) is 3.19. The molecule has 0 spiro atoms. The molecule has 3 aromatic rings. The van der Waals surface area contributed by atoms with E-state index in [0.29, 0.717) is 23.7 Å². The van der Waals surface area contributed by atoms with Crippen LogP contribution in [0.15, 0.2) is 36.8 Å². The largest absolute Gasteiger partial charge is 0.374 e. The van der Waals surface area contributed by atoms with E-state index in [9.17, 15) is 4.39 Å². The van der Waals surface area contributed by atoms with Gasteiger partial charge < -0.3 is 15.0 Å². The highest BCUT2D eigenvalue weighted by Gasteiger charge is 2.19. The van der Waals surface area contributed by atoms with Gasteiger partial charge in [0.25, 0.3) is 0 Å². The van der Waals surface area contributed by atoms with Gasteiger partial charge >= 0.3 is 0 Å². The third kappa shape index (κ3) is 3.18. The molecule has 25 heavy (non-hydrogen) atoms. The van der Waals surface area contributed by atoms with Gasteiger partial charge in [-0.3, -0.25) is 0 Å². The number of aromatic nitrogens is 4. The zero-order valence-corrected chi connectivity index (χ0v) is 13.9. The summed E-state index contributed by atoms with van der Waals surface area (Å²) in [5.41, 5.74) is 0.920. The first-order valence-corrected chi connectivity index (χ1v) is 8.20. The van der Waals surface area contributed by atoms with Gasteiger partial charge in [0.1, 0.15) is 23.6 Å². The molecule has 0 radical (unpaired) electrons. The summed E-state index contributed by atoms with van der Waals surface area (Å²) in [5, 5.41) is 8.34. The summed E-state index contributed by atoms with van der Waals surface area (Å²) >= 11 is 0. The van der Waals surface area contributed by atoms with Gasteiger partial charge in [-0.1, -0.05) is 12.1 Å². The number of fused-ring (bicyclic) bond motifs is 1. The number of hydrogen-bond donors (Lipinski definition) is 1. The highest BCUT2D eigenvalue weighted by Crippen LogP contribution is 2.23. The molecule has 1 aliphatic rings. The quantitative estimate of drug-likeness (QED) is 0.778. The molecule has 0 saturated carbocycles. The molecule has 2 aromatic heterocycles. The Morgan fingerprint density at radius 2 is 2.20 bits per heavy atom. The van der Waals surface area contributed by atoms with Crippen LogP contribution in [-0.4, -0.2) is 64.0 Å². The first kappa shape index (κ1) is 15.9. The molecule has 1 aromatic carbocycles. The maximum absolute atomic E-state index is 14.1. The van der Waals surface area contributed by atoms with Crippen LogP contribution in [0.3, 0.4) is 0 Å². The van der Waals surface area contributed by atoms with Crippen molar-refractivity contribution >= 4 is 16.9 Å². The Balaban J connectivity index is 1.60. The Morgan fingerprint density at radius 1 is 1.32 bits per heavy atom. The average Bonchev–Trinajstić information content (AvgIpc) is 3.05. The number of hydrogen-bond acceptors (Lipinski definition) is 6. The number of ether oxygens (including phenoxy) is 1. The molecular formula is C17H19FN6O. The molecule has 130 valence electrons. The smallest absolute Gasteiger partial charge is 0.168 e. The van der Waals surface area contributed by atoms with Gasteiger partial charge in [0.15, 0.2) is 5.65 Å². The van der Waals surface area contributed by atoms with E-state index >= 15 is 0 Å². The van der Waals surface area contributed by atoms with Crippen molar-refractivity contribution in [2.24, 2.45) is 0 Å². The minimum absolute atomic E-state index is 0.102. The summed E-state index contributed by atoms with van der Waals surface area (Å²) in [6.07, 6.45) is 3.21. The molecule has 7 nitrogen and oxygen atoms in total. The molecule has 1 saturated heterocycles. The molecule has 4 rings (SSSR count). The first-order valence-electron chi connectivity index (χ1n) is 8.20. The van der Waals surface area contributed by atoms with Crippen molar-refractivity contribution in [2.45, 2.75) is 6.10 Å². The standard InChI is InChI=1S/C17H19FN6O/c1-23-6-7-25-12(10-23)8-19-16-13-9-22-24(17(13)21-11-20-16)15-5-3-2-4-14(15)18/h2-5,9,11-12H,6-8,10H2,1H3,(H,19,20,21)/t12-/m0/s1. The van der Waals surface area contributed by atoms with Crippen LogP contribution in [0.2, 0.25) is 0 Å². The molecule has 0 amide bonds. The second-order valence-electron chi connectivity index (χ2n) is 6.10. The molecule has 8 heteroatoms. The lowest BCUT2D eigenvalue weighted by Crippen LogP contribution is -2.43. The van der Waals surface area contributed by atoms with Gasteiger partial charge in [0, 0.05) is 19.6 Å². The van der Waals surface area contributed by atoms with Gasteiger partial charge in [-0.25, -0.2) is 19.0 Å². The molecule has 1 N–H and O–H groups in total. The number of benzene rings is 1. The second kappa shape index (κ2) is 6.73. The van der Waals surface area contributed by atoms with Gasteiger partial charge in [0.05, 0.1) is 24.3 Å². The summed E-state index contributed by atoms with van der Waals surface area (Å²) in [6, 6.07) is 6.49. The lowest BCUT2D eigenvalue weighted by molar-refractivity contribution is -0.0117. The summed E-state index contributed by atoms with van der Waals surface area (Å²) in [5.74, 6) is 0.323. The Labute approximate surface area is 144 Å². The van der Waals surface area contributed by atoms with Gasteiger partial charge in [-0.15, -0.1) is 0 Å². The van der Waals surface area contributed by atoms with Crippen molar-refractivity contribution in [2.75, 3.05) is 38.6 Å². The number of rotatable bonds is 4. The van der Waals surface area contributed by atoms with Gasteiger partial charge in [-0.05, 0) is 19.2 Å². The van der Waals surface area contributed by atoms with Crippen molar-refractivity contribution < 1.29 is 9.13 Å². The average molecular weight is 342 g/mol. The minimum atomic E-state index is -0.348. The Morgan fingerprint density at radius 3 is 3.04 bits per heavy atom. The maximum atomic E-state index is 14.1. The molecule has 3 heterocycles. The molecule has 1 atom stereocenters. The van der Waals surface area contributed by atoms with Crippen LogP contribution >= 0.6 is 0 Å². The van der Waals surface area contributed by atoms with Crippen LogP contribution < -0.4 is 5.32 Å². The van der Waals surface area contributed by atoms with Crippen LogP contribution in [0.4, 0.5) is 10.2 Å². The predicted octanol–water partition coefficient (Wildman–Crippen LogP) is 1.70. The Kier molecular flexibility index (Phi) is 4.29. The highest BCUT2D eigenvalue weighted by atomic mass is 19.1. The molecule has 1 fully saturated rings. The van der Waals surface area contributed by atoms with E-state index in [-0.39, 0.29) is 11.9 Å². The van der Waals surface area contributed by atoms with Crippen LogP contribution in [0, 0.1) is 5.82 Å². The number of nitrogens with zero attached hydrogens (tertiary/aromatic N) is 5. The van der Waals surface area contributed by atoms with E-state index in [1.165, 1.54) is 17.1 Å². The number of nitrogens with one attached hydrogen (secondary N) is 1. The van der Waals surface area contributed by atoms with E-state index in [1.807, 2.05) is 0 Å². The summed E-state index contributed by atoms with van der Waals surface area (Å²) in [4.78, 5) is 10.8. The molecule has 0 aliphatic carbocycles. The van der Waals surface area contributed by atoms with Gasteiger partial charge in [-0.2, -0.15) is 5.10 Å². The number of para-hydroxylation sites is 1. The zero-order valence-electron chi connectivity index (χ0n) is 13.9. The van der Waals surface area contributed by atoms with Crippen molar-refractivity contribution in [1.29, 1.82) is 0 Å².